The smallest absolute Gasteiger partial charge is 0.0802 e. The van der Waals surface area contributed by atoms with Gasteiger partial charge < -0.3 is 10.0 Å². The fourth-order valence-electron chi connectivity index (χ4n) is 2.50. The molecule has 1 saturated carbocycles. The molecule has 1 aromatic carbocycles. The lowest BCUT2D eigenvalue weighted by atomic mass is 10.1. The molecule has 1 unspecified atom stereocenters. The highest BCUT2D eigenvalue weighted by Crippen LogP contribution is 2.29. The molecule has 0 spiro atoms. The van der Waals surface area contributed by atoms with E-state index in [4.69, 9.17) is 11.6 Å². The van der Waals surface area contributed by atoms with E-state index < -0.39 is 6.10 Å². The van der Waals surface area contributed by atoms with Gasteiger partial charge in [-0.2, -0.15) is 0 Å². The van der Waals surface area contributed by atoms with Gasteiger partial charge in [0, 0.05) is 24.2 Å². The fourth-order valence-corrected chi connectivity index (χ4v) is 2.70. The lowest BCUT2D eigenvalue weighted by Gasteiger charge is -2.25. The molecule has 19 heavy (non-hydrogen) atoms. The van der Waals surface area contributed by atoms with Crippen LogP contribution in [0.25, 0.3) is 0 Å². The van der Waals surface area contributed by atoms with Crippen molar-refractivity contribution in [3.8, 4) is 0 Å². The Balaban J connectivity index is 1.86. The zero-order valence-electron chi connectivity index (χ0n) is 11.8. The van der Waals surface area contributed by atoms with Gasteiger partial charge in [0.05, 0.1) is 6.10 Å². The minimum atomic E-state index is -0.410. The van der Waals surface area contributed by atoms with Crippen LogP contribution in [0, 0.1) is 5.92 Å². The highest BCUT2D eigenvalue weighted by atomic mass is 35.5. The largest absolute Gasteiger partial charge is 0.388 e. The first-order chi connectivity index (χ1) is 9.06. The van der Waals surface area contributed by atoms with Crippen molar-refractivity contribution in [2.45, 2.75) is 45.3 Å². The van der Waals surface area contributed by atoms with E-state index in [1.54, 1.807) is 0 Å². The topological polar surface area (TPSA) is 23.5 Å². The predicted molar refractivity (Wildman–Crippen MR) is 80.5 cm³/mol. The molecule has 3 heteroatoms. The molecule has 1 N–H and O–H groups in total. The van der Waals surface area contributed by atoms with Crippen molar-refractivity contribution in [2.75, 3.05) is 13.1 Å². The zero-order chi connectivity index (χ0) is 13.8. The fraction of sp³-hybridized carbons (Fsp3) is 0.625. The standard InChI is InChI=1S/C16H24ClNO/c1-12(2)11-18(15-6-7-15)9-8-16(19)13-4-3-5-14(17)10-13/h3-5,10,12,15-16,19H,6-9,11H2,1-2H3. The second kappa shape index (κ2) is 6.74. The Kier molecular flexibility index (Phi) is 5.26. The summed E-state index contributed by atoms with van der Waals surface area (Å²) in [4.78, 5) is 2.53. The van der Waals surface area contributed by atoms with Gasteiger partial charge in [-0.1, -0.05) is 37.6 Å². The van der Waals surface area contributed by atoms with Crippen LogP contribution in [0.5, 0.6) is 0 Å². The summed E-state index contributed by atoms with van der Waals surface area (Å²) < 4.78 is 0. The minimum Gasteiger partial charge on any atom is -0.388 e. The Labute approximate surface area is 121 Å². The maximum Gasteiger partial charge on any atom is 0.0802 e. The Morgan fingerprint density at radius 1 is 1.37 bits per heavy atom. The van der Waals surface area contributed by atoms with Gasteiger partial charge in [0.2, 0.25) is 0 Å². The van der Waals surface area contributed by atoms with E-state index in [2.05, 4.69) is 18.7 Å². The van der Waals surface area contributed by atoms with Crippen LogP contribution in [0.15, 0.2) is 24.3 Å². The number of rotatable bonds is 7. The average Bonchev–Trinajstić information content (AvgIpc) is 3.17. The van der Waals surface area contributed by atoms with Crippen LogP contribution in [0.4, 0.5) is 0 Å². The molecule has 2 nitrogen and oxygen atoms in total. The molecule has 0 aliphatic heterocycles. The Morgan fingerprint density at radius 3 is 2.68 bits per heavy atom. The van der Waals surface area contributed by atoms with E-state index in [9.17, 15) is 5.11 Å². The monoisotopic (exact) mass is 281 g/mol. The van der Waals surface area contributed by atoms with Crippen LogP contribution in [0.3, 0.4) is 0 Å². The summed E-state index contributed by atoms with van der Waals surface area (Å²) in [5.41, 5.74) is 0.924. The maximum absolute atomic E-state index is 10.2. The highest BCUT2D eigenvalue weighted by molar-refractivity contribution is 6.30. The first-order valence-electron chi connectivity index (χ1n) is 7.24. The number of halogens is 1. The normalized spacial score (nSPS) is 17.2. The molecule has 0 saturated heterocycles. The number of aliphatic hydroxyl groups excluding tert-OH is 1. The van der Waals surface area contributed by atoms with Crippen molar-refractivity contribution in [3.63, 3.8) is 0 Å². The van der Waals surface area contributed by atoms with E-state index in [-0.39, 0.29) is 0 Å². The van der Waals surface area contributed by atoms with Crippen LogP contribution >= 0.6 is 11.6 Å². The molecule has 0 radical (unpaired) electrons. The third-order valence-corrected chi connectivity index (χ3v) is 3.82. The molecule has 1 aromatic rings. The van der Waals surface area contributed by atoms with Gasteiger partial charge in [0.25, 0.3) is 0 Å². The highest BCUT2D eigenvalue weighted by Gasteiger charge is 2.29. The van der Waals surface area contributed by atoms with Crippen molar-refractivity contribution < 1.29 is 5.11 Å². The molecular weight excluding hydrogens is 258 g/mol. The summed E-state index contributed by atoms with van der Waals surface area (Å²) in [6.07, 6.45) is 3.01. The number of benzene rings is 1. The summed E-state index contributed by atoms with van der Waals surface area (Å²) in [6.45, 7) is 6.61. The summed E-state index contributed by atoms with van der Waals surface area (Å²) in [6, 6.07) is 8.30. The van der Waals surface area contributed by atoms with Crippen molar-refractivity contribution >= 4 is 11.6 Å². The Bertz CT molecular complexity index is 403. The molecule has 1 aliphatic carbocycles. The molecule has 1 fully saturated rings. The van der Waals surface area contributed by atoms with E-state index in [1.807, 2.05) is 24.3 Å². The van der Waals surface area contributed by atoms with Gasteiger partial charge in [0.1, 0.15) is 0 Å². The molecule has 0 aromatic heterocycles. The lowest BCUT2D eigenvalue weighted by molar-refractivity contribution is 0.134. The molecule has 1 aliphatic rings. The second-order valence-electron chi connectivity index (χ2n) is 5.98. The van der Waals surface area contributed by atoms with Crippen molar-refractivity contribution in [3.05, 3.63) is 34.9 Å². The van der Waals surface area contributed by atoms with Crippen LogP contribution < -0.4 is 0 Å². The molecule has 1 atom stereocenters. The minimum absolute atomic E-state index is 0.410. The lowest BCUT2D eigenvalue weighted by Crippen LogP contribution is -2.31. The average molecular weight is 282 g/mol. The van der Waals surface area contributed by atoms with Gasteiger partial charge in [-0.15, -0.1) is 0 Å². The molecule has 0 heterocycles. The van der Waals surface area contributed by atoms with Crippen LogP contribution in [0.2, 0.25) is 5.02 Å². The Hall–Kier alpha value is -0.570. The van der Waals surface area contributed by atoms with E-state index in [0.717, 1.165) is 31.1 Å². The molecular formula is C16H24ClNO. The maximum atomic E-state index is 10.2. The molecule has 0 bridgehead atoms. The first-order valence-corrected chi connectivity index (χ1v) is 7.61. The molecule has 2 rings (SSSR count). The Morgan fingerprint density at radius 2 is 2.11 bits per heavy atom. The van der Waals surface area contributed by atoms with Crippen LogP contribution in [0.1, 0.15) is 44.8 Å². The molecule has 106 valence electrons. The second-order valence-corrected chi connectivity index (χ2v) is 6.42. The van der Waals surface area contributed by atoms with Gasteiger partial charge >= 0.3 is 0 Å². The predicted octanol–water partition coefficient (Wildman–Crippen LogP) is 3.88. The quantitative estimate of drug-likeness (QED) is 0.820. The SMILES string of the molecule is CC(C)CN(CCC(O)c1cccc(Cl)c1)C1CC1. The van der Waals surface area contributed by atoms with Crippen LogP contribution in [-0.2, 0) is 0 Å². The number of hydrogen-bond donors (Lipinski definition) is 1. The van der Waals surface area contributed by atoms with E-state index in [0.29, 0.717) is 10.9 Å². The van der Waals surface area contributed by atoms with Crippen molar-refractivity contribution in [1.29, 1.82) is 0 Å². The third kappa shape index (κ3) is 4.79. The van der Waals surface area contributed by atoms with E-state index >= 15 is 0 Å². The van der Waals surface area contributed by atoms with E-state index in [1.165, 1.54) is 12.8 Å². The summed E-state index contributed by atoms with van der Waals surface area (Å²) in [7, 11) is 0. The van der Waals surface area contributed by atoms with Gasteiger partial charge in [-0.25, -0.2) is 0 Å². The zero-order valence-corrected chi connectivity index (χ0v) is 12.6. The summed E-state index contributed by atoms with van der Waals surface area (Å²) in [5, 5.41) is 10.9. The van der Waals surface area contributed by atoms with Gasteiger partial charge in [-0.3, -0.25) is 0 Å². The third-order valence-electron chi connectivity index (χ3n) is 3.59. The van der Waals surface area contributed by atoms with Crippen LogP contribution in [-0.4, -0.2) is 29.1 Å². The van der Waals surface area contributed by atoms with Gasteiger partial charge in [-0.05, 0) is 42.9 Å². The first kappa shape index (κ1) is 14.8. The summed E-state index contributed by atoms with van der Waals surface area (Å²) >= 11 is 5.96. The number of aliphatic hydroxyl groups is 1. The molecule has 0 amide bonds. The van der Waals surface area contributed by atoms with Crippen molar-refractivity contribution in [1.82, 2.24) is 4.90 Å². The van der Waals surface area contributed by atoms with Crippen molar-refractivity contribution in [2.24, 2.45) is 5.92 Å². The summed E-state index contributed by atoms with van der Waals surface area (Å²) in [5.74, 6) is 0.684. The van der Waals surface area contributed by atoms with Gasteiger partial charge in [0.15, 0.2) is 0 Å². The number of nitrogens with zero attached hydrogens (tertiary/aromatic N) is 1. The number of hydrogen-bond acceptors (Lipinski definition) is 2.